The number of methoxy groups -OCH3 is 1. The third-order valence-corrected chi connectivity index (χ3v) is 6.44. The summed E-state index contributed by atoms with van der Waals surface area (Å²) in [4.78, 5) is 30.5. The molecule has 0 radical (unpaired) electrons. The predicted octanol–water partition coefficient (Wildman–Crippen LogP) is 4.76. The largest absolute Gasteiger partial charge is 0.453 e. The van der Waals surface area contributed by atoms with Gasteiger partial charge in [-0.2, -0.15) is 13.2 Å². The number of anilines is 1. The molecule has 2 aromatic carbocycles. The zero-order valence-electron chi connectivity index (χ0n) is 21.3. The van der Waals surface area contributed by atoms with Gasteiger partial charge in [-0.1, -0.05) is 29.3 Å². The van der Waals surface area contributed by atoms with E-state index in [0.717, 1.165) is 12.1 Å². The SMILES string of the molecule is COC(=O)N1CCC(NC(CC(N)C(F)(F)F)N=C(NC(=O)c2cccc(Cl)c2)Nc2cc(F)cc(Cl)c2)CC1. The molecule has 1 aliphatic rings. The molecule has 3 rings (SSSR count). The second kappa shape index (κ2) is 14.0. The Labute approximate surface area is 238 Å². The molecule has 40 heavy (non-hydrogen) atoms. The van der Waals surface area contributed by atoms with Gasteiger partial charge < -0.3 is 20.7 Å². The van der Waals surface area contributed by atoms with Crippen molar-refractivity contribution in [3.8, 4) is 0 Å². The number of nitrogens with one attached hydrogen (secondary N) is 3. The summed E-state index contributed by atoms with van der Waals surface area (Å²) >= 11 is 11.9. The van der Waals surface area contributed by atoms with Crippen LogP contribution in [0.3, 0.4) is 0 Å². The summed E-state index contributed by atoms with van der Waals surface area (Å²) < 4.78 is 58.9. The number of nitrogens with zero attached hydrogens (tertiary/aromatic N) is 2. The number of rotatable bonds is 7. The fraction of sp³-hybridized carbons (Fsp3) is 0.400. The van der Waals surface area contributed by atoms with E-state index in [1.54, 1.807) is 12.1 Å². The third kappa shape index (κ3) is 9.51. The molecule has 2 unspecified atom stereocenters. The summed E-state index contributed by atoms with van der Waals surface area (Å²) in [6.45, 7) is 0.620. The first-order valence-electron chi connectivity index (χ1n) is 12.1. The first-order chi connectivity index (χ1) is 18.8. The van der Waals surface area contributed by atoms with Gasteiger partial charge in [0.15, 0.2) is 0 Å². The maximum atomic E-state index is 14.0. The molecule has 0 aromatic heterocycles. The van der Waals surface area contributed by atoms with Crippen LogP contribution in [0.25, 0.3) is 0 Å². The first-order valence-corrected chi connectivity index (χ1v) is 12.9. The lowest BCUT2D eigenvalue weighted by Crippen LogP contribution is -2.51. The van der Waals surface area contributed by atoms with Crippen molar-refractivity contribution in [2.45, 2.75) is 43.7 Å². The molecule has 5 N–H and O–H groups in total. The topological polar surface area (TPSA) is 121 Å². The Hall–Kier alpha value is -3.13. The second-order valence-electron chi connectivity index (χ2n) is 9.02. The van der Waals surface area contributed by atoms with E-state index < -0.39 is 42.6 Å². The average Bonchev–Trinajstić information content (AvgIpc) is 2.87. The molecule has 2 atom stereocenters. The summed E-state index contributed by atoms with van der Waals surface area (Å²) in [6, 6.07) is 6.87. The van der Waals surface area contributed by atoms with Gasteiger partial charge in [0.05, 0.1) is 7.11 Å². The second-order valence-corrected chi connectivity index (χ2v) is 9.90. The van der Waals surface area contributed by atoms with Crippen molar-refractivity contribution in [3.05, 3.63) is 63.9 Å². The third-order valence-electron chi connectivity index (χ3n) is 5.98. The standard InChI is InChI=1S/C25H28Cl2F4N6O3/c1-40-24(39)37-7-5-18(6-8-37)33-21(13-20(32)25(29,30)31)35-23(34-19-11-16(27)10-17(28)12-19)36-22(38)14-3-2-4-15(26)9-14/h2-4,9-12,18,20-21,33H,5-8,13,32H2,1H3,(H2,34,35,36,38). The van der Waals surface area contributed by atoms with Gasteiger partial charge in [-0.3, -0.25) is 15.4 Å². The number of amides is 2. The molecule has 1 heterocycles. The van der Waals surface area contributed by atoms with Crippen molar-refractivity contribution in [2.24, 2.45) is 10.7 Å². The Kier molecular flexibility index (Phi) is 11.0. The minimum Gasteiger partial charge on any atom is -0.453 e. The molecule has 1 aliphatic heterocycles. The van der Waals surface area contributed by atoms with Gasteiger partial charge in [-0.05, 0) is 49.2 Å². The van der Waals surface area contributed by atoms with Crippen molar-refractivity contribution in [2.75, 3.05) is 25.5 Å². The minimum absolute atomic E-state index is 0.0363. The lowest BCUT2D eigenvalue weighted by molar-refractivity contribution is -0.150. The highest BCUT2D eigenvalue weighted by Crippen LogP contribution is 2.23. The number of hydrogen-bond donors (Lipinski definition) is 4. The summed E-state index contributed by atoms with van der Waals surface area (Å²) in [5.74, 6) is -1.66. The molecule has 0 saturated carbocycles. The molecule has 15 heteroatoms. The molecular weight excluding hydrogens is 579 g/mol. The number of benzene rings is 2. The summed E-state index contributed by atoms with van der Waals surface area (Å²) in [5, 5.41) is 8.57. The highest BCUT2D eigenvalue weighted by Gasteiger charge is 2.39. The average molecular weight is 607 g/mol. The van der Waals surface area contributed by atoms with Gasteiger partial charge in [0, 0.05) is 46.8 Å². The zero-order valence-corrected chi connectivity index (χ0v) is 22.8. The molecule has 0 bridgehead atoms. The Balaban J connectivity index is 1.90. The lowest BCUT2D eigenvalue weighted by Gasteiger charge is -2.33. The van der Waals surface area contributed by atoms with Crippen LogP contribution in [0.1, 0.15) is 29.6 Å². The minimum atomic E-state index is -4.71. The number of guanidine groups is 1. The van der Waals surface area contributed by atoms with Crippen LogP contribution >= 0.6 is 23.2 Å². The van der Waals surface area contributed by atoms with E-state index in [-0.39, 0.29) is 33.3 Å². The molecule has 218 valence electrons. The lowest BCUT2D eigenvalue weighted by atomic mass is 10.0. The molecule has 9 nitrogen and oxygen atoms in total. The quantitative estimate of drug-likeness (QED) is 0.205. The number of hydrogen-bond acceptors (Lipinski definition) is 6. The van der Waals surface area contributed by atoms with Crippen molar-refractivity contribution < 1.29 is 31.9 Å². The zero-order chi connectivity index (χ0) is 29.4. The van der Waals surface area contributed by atoms with Gasteiger partial charge in [0.25, 0.3) is 5.91 Å². The van der Waals surface area contributed by atoms with E-state index in [1.165, 1.54) is 30.2 Å². The number of halogens is 6. The maximum Gasteiger partial charge on any atom is 0.409 e. The van der Waals surface area contributed by atoms with E-state index in [9.17, 15) is 27.2 Å². The Bertz CT molecular complexity index is 1210. The highest BCUT2D eigenvalue weighted by molar-refractivity contribution is 6.31. The Morgan fingerprint density at radius 2 is 1.85 bits per heavy atom. The van der Waals surface area contributed by atoms with E-state index in [0.29, 0.717) is 25.9 Å². The molecule has 0 spiro atoms. The van der Waals surface area contributed by atoms with Crippen LogP contribution in [0.5, 0.6) is 0 Å². The van der Waals surface area contributed by atoms with Crippen LogP contribution < -0.4 is 21.7 Å². The van der Waals surface area contributed by atoms with E-state index in [1.807, 2.05) is 0 Å². The number of aliphatic imine (C=N–C) groups is 1. The monoisotopic (exact) mass is 606 g/mol. The van der Waals surface area contributed by atoms with Crippen LogP contribution in [-0.2, 0) is 4.74 Å². The van der Waals surface area contributed by atoms with E-state index >= 15 is 0 Å². The van der Waals surface area contributed by atoms with Gasteiger partial charge in [-0.15, -0.1) is 0 Å². The molecule has 0 aliphatic carbocycles. The number of carbonyl (C=O) groups excluding carboxylic acids is 2. The number of nitrogens with two attached hydrogens (primary N) is 1. The van der Waals surface area contributed by atoms with Gasteiger partial charge in [0.1, 0.15) is 18.0 Å². The number of ether oxygens (including phenoxy) is 1. The van der Waals surface area contributed by atoms with Crippen LogP contribution in [0.2, 0.25) is 10.0 Å². The number of carbonyl (C=O) groups is 2. The molecule has 1 fully saturated rings. The van der Waals surface area contributed by atoms with Crippen molar-refractivity contribution in [3.63, 3.8) is 0 Å². The summed E-state index contributed by atoms with van der Waals surface area (Å²) in [7, 11) is 1.26. The number of alkyl halides is 3. The maximum absolute atomic E-state index is 14.0. The molecule has 2 aromatic rings. The summed E-state index contributed by atoms with van der Waals surface area (Å²) in [6.07, 6.45) is -6.33. The van der Waals surface area contributed by atoms with Crippen LogP contribution in [0.4, 0.5) is 28.0 Å². The highest BCUT2D eigenvalue weighted by atomic mass is 35.5. The Morgan fingerprint density at radius 3 is 2.45 bits per heavy atom. The fourth-order valence-electron chi connectivity index (χ4n) is 3.99. The van der Waals surface area contributed by atoms with Crippen molar-refractivity contribution in [1.29, 1.82) is 0 Å². The van der Waals surface area contributed by atoms with Crippen LogP contribution in [-0.4, -0.2) is 67.5 Å². The number of likely N-dealkylation sites (tertiary alicyclic amines) is 1. The molecule has 2 amide bonds. The first kappa shape index (κ1) is 31.4. The normalized spacial score (nSPS) is 16.3. The smallest absolute Gasteiger partial charge is 0.409 e. The number of piperidine rings is 1. The molecule has 1 saturated heterocycles. The molecular formula is C25H28Cl2F4N6O3. The van der Waals surface area contributed by atoms with Crippen molar-refractivity contribution >= 4 is 46.8 Å². The summed E-state index contributed by atoms with van der Waals surface area (Å²) in [5.41, 5.74) is 5.65. The Morgan fingerprint density at radius 1 is 1.15 bits per heavy atom. The fourth-order valence-corrected chi connectivity index (χ4v) is 4.40. The predicted molar refractivity (Wildman–Crippen MR) is 144 cm³/mol. The van der Waals surface area contributed by atoms with Gasteiger partial charge >= 0.3 is 12.3 Å². The van der Waals surface area contributed by atoms with E-state index in [4.69, 9.17) is 33.7 Å². The van der Waals surface area contributed by atoms with Crippen molar-refractivity contribution in [1.82, 2.24) is 15.5 Å². The van der Waals surface area contributed by atoms with Gasteiger partial charge in [0.2, 0.25) is 5.96 Å². The van der Waals surface area contributed by atoms with Crippen LogP contribution in [0.15, 0.2) is 47.5 Å². The van der Waals surface area contributed by atoms with E-state index in [2.05, 4.69) is 20.9 Å². The van der Waals surface area contributed by atoms with Crippen LogP contribution in [0, 0.1) is 5.82 Å². The van der Waals surface area contributed by atoms with Gasteiger partial charge in [-0.25, -0.2) is 14.2 Å².